The van der Waals surface area contributed by atoms with Gasteiger partial charge in [-0.3, -0.25) is 4.79 Å². The summed E-state index contributed by atoms with van der Waals surface area (Å²) in [5.74, 6) is -3.71. The van der Waals surface area contributed by atoms with E-state index in [0.29, 0.717) is 5.01 Å². The van der Waals surface area contributed by atoms with E-state index >= 15 is 0 Å². The first-order chi connectivity index (χ1) is 9.02. The molecular formula is C11H13Cl2F2N3OS2. The first-order valence-corrected chi connectivity index (χ1v) is 7.13. The van der Waals surface area contributed by atoms with Gasteiger partial charge in [0.2, 0.25) is 0 Å². The number of carbonyl (C=O) groups excluding carboxylic acids is 1. The zero-order valence-corrected chi connectivity index (χ0v) is 13.8. The van der Waals surface area contributed by atoms with Gasteiger partial charge < -0.3 is 11.1 Å². The van der Waals surface area contributed by atoms with Gasteiger partial charge in [-0.25, -0.2) is 13.8 Å². The number of hydrogen-bond acceptors (Lipinski definition) is 5. The number of thiazole rings is 1. The third-order valence-corrected chi connectivity index (χ3v) is 4.16. The lowest BCUT2D eigenvalue weighted by molar-refractivity contribution is 0.0118. The van der Waals surface area contributed by atoms with Crippen molar-refractivity contribution >= 4 is 53.4 Å². The molecule has 0 radical (unpaired) electrons. The molecule has 118 valence electrons. The first-order valence-electron chi connectivity index (χ1n) is 5.37. The predicted octanol–water partition coefficient (Wildman–Crippen LogP) is 3.04. The molecule has 0 saturated carbocycles. The van der Waals surface area contributed by atoms with Crippen LogP contribution in [0.4, 0.5) is 8.78 Å². The number of hydrogen-bond donors (Lipinski definition) is 2. The maximum atomic E-state index is 12.9. The van der Waals surface area contributed by atoms with Crippen LogP contribution in [-0.4, -0.2) is 29.9 Å². The lowest BCUT2D eigenvalue weighted by Gasteiger charge is -2.13. The number of nitrogens with zero attached hydrogens (tertiary/aromatic N) is 1. The van der Waals surface area contributed by atoms with Crippen molar-refractivity contribution in [3.8, 4) is 9.88 Å². The fourth-order valence-corrected chi connectivity index (χ4v) is 2.88. The molecule has 0 unspecified atom stereocenters. The molecule has 2 rings (SSSR count). The molecule has 0 aliphatic rings. The lowest BCUT2D eigenvalue weighted by Crippen LogP contribution is -2.41. The summed E-state index contributed by atoms with van der Waals surface area (Å²) in [7, 11) is 0. The normalized spacial score (nSPS) is 10.4. The third-order valence-electron chi connectivity index (χ3n) is 2.28. The van der Waals surface area contributed by atoms with Gasteiger partial charge in [0.1, 0.15) is 10.7 Å². The highest BCUT2D eigenvalue weighted by Crippen LogP contribution is 2.27. The van der Waals surface area contributed by atoms with Crippen molar-refractivity contribution in [2.75, 3.05) is 13.1 Å². The van der Waals surface area contributed by atoms with Crippen LogP contribution in [0.2, 0.25) is 0 Å². The Morgan fingerprint density at radius 1 is 1.38 bits per heavy atom. The van der Waals surface area contributed by atoms with Crippen molar-refractivity contribution < 1.29 is 13.6 Å². The summed E-state index contributed by atoms with van der Waals surface area (Å²) >= 11 is 2.80. The van der Waals surface area contributed by atoms with Crippen LogP contribution in [0, 0.1) is 0 Å². The number of aromatic nitrogens is 1. The molecule has 1 amide bonds. The second-order valence-electron chi connectivity index (χ2n) is 3.76. The van der Waals surface area contributed by atoms with Crippen molar-refractivity contribution in [2.45, 2.75) is 5.92 Å². The summed E-state index contributed by atoms with van der Waals surface area (Å²) in [6.07, 6.45) is 0. The molecule has 0 aromatic carbocycles. The highest BCUT2D eigenvalue weighted by Gasteiger charge is 2.27. The van der Waals surface area contributed by atoms with E-state index in [1.807, 2.05) is 17.5 Å². The number of nitrogens with one attached hydrogen (secondary N) is 1. The minimum absolute atomic E-state index is 0. The molecule has 3 N–H and O–H groups in total. The molecule has 0 aliphatic heterocycles. The zero-order chi connectivity index (χ0) is 13.9. The Morgan fingerprint density at radius 3 is 2.67 bits per heavy atom. The standard InChI is InChI=1S/C11H11F2N3OS2.2ClH/c12-11(13,5-14)6-15-9(17)7-4-19-10(16-7)8-2-1-3-18-8;;/h1-4H,5-6,14H2,(H,15,17);2*1H. The average Bonchev–Trinajstić information content (AvgIpc) is 3.05. The maximum Gasteiger partial charge on any atom is 0.277 e. The molecule has 0 fully saturated rings. The molecule has 0 atom stereocenters. The molecular weight excluding hydrogens is 363 g/mol. The number of amides is 1. The molecule has 0 aliphatic carbocycles. The largest absolute Gasteiger partial charge is 0.345 e. The summed E-state index contributed by atoms with van der Waals surface area (Å²) in [4.78, 5) is 16.7. The Bertz CT molecular complexity index is 564. The molecule has 2 heterocycles. The van der Waals surface area contributed by atoms with E-state index < -0.39 is 24.9 Å². The number of alkyl halides is 2. The van der Waals surface area contributed by atoms with Crippen LogP contribution < -0.4 is 11.1 Å². The number of nitrogens with two attached hydrogens (primary N) is 1. The van der Waals surface area contributed by atoms with Crippen molar-refractivity contribution in [1.29, 1.82) is 0 Å². The summed E-state index contributed by atoms with van der Waals surface area (Å²) in [5, 5.41) is 6.27. The van der Waals surface area contributed by atoms with Crippen molar-refractivity contribution in [1.82, 2.24) is 10.3 Å². The van der Waals surface area contributed by atoms with E-state index in [4.69, 9.17) is 5.73 Å². The Balaban J connectivity index is 0.00000200. The van der Waals surface area contributed by atoms with Gasteiger partial charge in [-0.05, 0) is 11.4 Å². The number of thiophene rings is 1. The molecule has 4 nitrogen and oxygen atoms in total. The van der Waals surface area contributed by atoms with E-state index in [1.54, 1.807) is 5.38 Å². The minimum atomic E-state index is -3.09. The summed E-state index contributed by atoms with van der Waals surface area (Å²) in [6.45, 7) is -1.58. The number of rotatable bonds is 5. The third kappa shape index (κ3) is 5.48. The van der Waals surface area contributed by atoms with Crippen LogP contribution in [0.5, 0.6) is 0 Å². The number of carbonyl (C=O) groups is 1. The van der Waals surface area contributed by atoms with Crippen LogP contribution in [0.15, 0.2) is 22.9 Å². The second-order valence-corrected chi connectivity index (χ2v) is 5.56. The van der Waals surface area contributed by atoms with Crippen molar-refractivity contribution in [3.05, 3.63) is 28.6 Å². The van der Waals surface area contributed by atoms with Gasteiger partial charge in [0.15, 0.2) is 0 Å². The monoisotopic (exact) mass is 375 g/mol. The molecule has 0 bridgehead atoms. The molecule has 10 heteroatoms. The van der Waals surface area contributed by atoms with Gasteiger partial charge in [-0.1, -0.05) is 6.07 Å². The Kier molecular flexibility index (Phi) is 8.27. The molecule has 0 saturated heterocycles. The summed E-state index contributed by atoms with van der Waals surface area (Å²) in [5.41, 5.74) is 5.03. The smallest absolute Gasteiger partial charge is 0.277 e. The van der Waals surface area contributed by atoms with E-state index in [9.17, 15) is 13.6 Å². The summed E-state index contributed by atoms with van der Waals surface area (Å²) in [6, 6.07) is 3.76. The van der Waals surface area contributed by atoms with Crippen LogP contribution in [0.3, 0.4) is 0 Å². The van der Waals surface area contributed by atoms with Gasteiger partial charge in [-0.15, -0.1) is 47.5 Å². The van der Waals surface area contributed by atoms with E-state index in [-0.39, 0.29) is 30.5 Å². The summed E-state index contributed by atoms with van der Waals surface area (Å²) < 4.78 is 25.8. The maximum absolute atomic E-state index is 12.9. The highest BCUT2D eigenvalue weighted by molar-refractivity contribution is 7.20. The lowest BCUT2D eigenvalue weighted by atomic mass is 10.3. The minimum Gasteiger partial charge on any atom is -0.345 e. The quantitative estimate of drug-likeness (QED) is 0.843. The Morgan fingerprint density at radius 2 is 2.10 bits per heavy atom. The van der Waals surface area contributed by atoms with Crippen LogP contribution >= 0.6 is 47.5 Å². The molecule has 2 aromatic heterocycles. The zero-order valence-electron chi connectivity index (χ0n) is 10.5. The van der Waals surface area contributed by atoms with Crippen LogP contribution in [0.1, 0.15) is 10.5 Å². The predicted molar refractivity (Wildman–Crippen MR) is 86.3 cm³/mol. The first kappa shape index (κ1) is 20.2. The van der Waals surface area contributed by atoms with Gasteiger partial charge in [0, 0.05) is 5.38 Å². The van der Waals surface area contributed by atoms with Crippen molar-refractivity contribution in [3.63, 3.8) is 0 Å². The molecule has 2 aromatic rings. The molecule has 21 heavy (non-hydrogen) atoms. The van der Waals surface area contributed by atoms with Gasteiger partial charge in [0.05, 0.1) is 18.0 Å². The topological polar surface area (TPSA) is 68.0 Å². The van der Waals surface area contributed by atoms with Gasteiger partial charge in [0.25, 0.3) is 11.8 Å². The number of halogens is 4. The van der Waals surface area contributed by atoms with Gasteiger partial charge >= 0.3 is 0 Å². The van der Waals surface area contributed by atoms with Crippen molar-refractivity contribution in [2.24, 2.45) is 5.73 Å². The Hall–Kier alpha value is -0.800. The van der Waals surface area contributed by atoms with Crippen LogP contribution in [0.25, 0.3) is 9.88 Å². The molecule has 0 spiro atoms. The second kappa shape index (κ2) is 8.60. The average molecular weight is 376 g/mol. The van der Waals surface area contributed by atoms with E-state index in [1.165, 1.54) is 22.7 Å². The fourth-order valence-electron chi connectivity index (χ4n) is 1.26. The van der Waals surface area contributed by atoms with Crippen LogP contribution in [-0.2, 0) is 0 Å². The SMILES string of the molecule is Cl.Cl.NCC(F)(F)CNC(=O)c1csc(-c2cccs2)n1. The highest BCUT2D eigenvalue weighted by atomic mass is 35.5. The van der Waals surface area contributed by atoms with E-state index in [0.717, 1.165) is 4.88 Å². The Labute approximate surface area is 140 Å². The fraction of sp³-hybridized carbons (Fsp3) is 0.273. The van der Waals surface area contributed by atoms with E-state index in [2.05, 4.69) is 10.3 Å². The van der Waals surface area contributed by atoms with Gasteiger partial charge in [-0.2, -0.15) is 0 Å².